The first-order valence-corrected chi connectivity index (χ1v) is 7.78. The van der Waals surface area contributed by atoms with Crippen LogP contribution in [0.5, 0.6) is 0 Å². The summed E-state index contributed by atoms with van der Waals surface area (Å²) in [6.07, 6.45) is 3.71. The maximum Gasteiger partial charge on any atom is 0.0599 e. The highest BCUT2D eigenvalue weighted by Gasteiger charge is 2.24. The minimum Gasteiger partial charge on any atom is -0.393 e. The number of nitrogens with one attached hydrogen (secondary N) is 1. The van der Waals surface area contributed by atoms with Gasteiger partial charge in [0.05, 0.1) is 23.7 Å². The van der Waals surface area contributed by atoms with Gasteiger partial charge in [0.2, 0.25) is 0 Å². The van der Waals surface area contributed by atoms with E-state index in [2.05, 4.69) is 48.1 Å². The minimum absolute atomic E-state index is 0.156. The zero-order valence-electron chi connectivity index (χ0n) is 12.8. The molecule has 1 aromatic rings. The van der Waals surface area contributed by atoms with E-state index in [-0.39, 0.29) is 6.10 Å². The first-order chi connectivity index (χ1) is 9.65. The van der Waals surface area contributed by atoms with Crippen LogP contribution in [0.3, 0.4) is 0 Å². The van der Waals surface area contributed by atoms with Crippen molar-refractivity contribution in [1.82, 2.24) is 10.3 Å². The fourth-order valence-corrected chi connectivity index (χ4v) is 2.86. The Morgan fingerprint density at radius 3 is 2.80 bits per heavy atom. The molecule has 0 saturated carbocycles. The van der Waals surface area contributed by atoms with Crippen LogP contribution in [0, 0.1) is 5.92 Å². The lowest BCUT2D eigenvalue weighted by Gasteiger charge is -2.35. The Morgan fingerprint density at radius 2 is 2.25 bits per heavy atom. The molecule has 4 heteroatoms. The van der Waals surface area contributed by atoms with E-state index >= 15 is 0 Å². The zero-order chi connectivity index (χ0) is 14.5. The highest BCUT2D eigenvalue weighted by atomic mass is 16.3. The van der Waals surface area contributed by atoms with E-state index < -0.39 is 0 Å². The smallest absolute Gasteiger partial charge is 0.0599 e. The van der Waals surface area contributed by atoms with Gasteiger partial charge in [-0.25, -0.2) is 0 Å². The van der Waals surface area contributed by atoms with Gasteiger partial charge in [-0.05, 0) is 37.4 Å². The topological polar surface area (TPSA) is 48.4 Å². The van der Waals surface area contributed by atoms with E-state index in [9.17, 15) is 5.11 Å². The predicted molar refractivity (Wildman–Crippen MR) is 82.9 cm³/mol. The maximum atomic E-state index is 9.80. The third-order valence-electron chi connectivity index (χ3n) is 4.21. The summed E-state index contributed by atoms with van der Waals surface area (Å²) in [5.41, 5.74) is 2.28. The van der Waals surface area contributed by atoms with Crippen molar-refractivity contribution in [1.29, 1.82) is 0 Å². The van der Waals surface area contributed by atoms with Gasteiger partial charge in [0.15, 0.2) is 0 Å². The van der Waals surface area contributed by atoms with Crippen molar-refractivity contribution in [3.63, 3.8) is 0 Å². The Kier molecular flexibility index (Phi) is 5.38. The van der Waals surface area contributed by atoms with Gasteiger partial charge in [-0.1, -0.05) is 20.8 Å². The molecule has 1 saturated heterocycles. The van der Waals surface area contributed by atoms with Gasteiger partial charge in [0, 0.05) is 19.1 Å². The van der Waals surface area contributed by atoms with Gasteiger partial charge < -0.3 is 15.3 Å². The van der Waals surface area contributed by atoms with Crippen molar-refractivity contribution in [2.75, 3.05) is 24.5 Å². The van der Waals surface area contributed by atoms with Crippen LogP contribution in [0.4, 0.5) is 5.69 Å². The Balaban J connectivity index is 2.04. The van der Waals surface area contributed by atoms with E-state index in [0.29, 0.717) is 12.0 Å². The molecule has 3 unspecified atom stereocenters. The molecule has 3 atom stereocenters. The largest absolute Gasteiger partial charge is 0.393 e. The molecule has 2 heterocycles. The van der Waals surface area contributed by atoms with Crippen molar-refractivity contribution in [2.45, 2.75) is 45.8 Å². The number of pyridine rings is 1. The average molecular weight is 277 g/mol. The molecule has 0 aromatic carbocycles. The molecule has 112 valence electrons. The van der Waals surface area contributed by atoms with Crippen LogP contribution in [-0.2, 0) is 0 Å². The van der Waals surface area contributed by atoms with Crippen LogP contribution >= 0.6 is 0 Å². The highest BCUT2D eigenvalue weighted by Crippen LogP contribution is 2.24. The summed E-state index contributed by atoms with van der Waals surface area (Å²) in [5, 5.41) is 13.3. The fourth-order valence-electron chi connectivity index (χ4n) is 2.86. The SMILES string of the molecule is CCNC(CC)c1ccc(N2CCC(O)C(C)C2)cn1. The molecule has 1 aromatic heterocycles. The number of piperidine rings is 1. The molecular formula is C16H27N3O. The molecule has 1 aliphatic rings. The lowest BCUT2D eigenvalue weighted by Crippen LogP contribution is -2.42. The summed E-state index contributed by atoms with van der Waals surface area (Å²) in [4.78, 5) is 6.94. The molecule has 1 fully saturated rings. The number of aliphatic hydroxyl groups is 1. The van der Waals surface area contributed by atoms with Gasteiger partial charge in [-0.3, -0.25) is 4.98 Å². The molecule has 1 aliphatic heterocycles. The Hall–Kier alpha value is -1.13. The van der Waals surface area contributed by atoms with Crippen LogP contribution in [0.2, 0.25) is 0 Å². The van der Waals surface area contributed by atoms with Gasteiger partial charge in [0.25, 0.3) is 0 Å². The Morgan fingerprint density at radius 1 is 1.45 bits per heavy atom. The number of anilines is 1. The molecule has 0 bridgehead atoms. The average Bonchev–Trinajstić information content (AvgIpc) is 2.48. The van der Waals surface area contributed by atoms with Crippen LogP contribution in [-0.4, -0.2) is 35.8 Å². The summed E-state index contributed by atoms with van der Waals surface area (Å²) in [6, 6.07) is 4.63. The predicted octanol–water partition coefficient (Wildman–Crippen LogP) is 2.35. The molecule has 0 spiro atoms. The summed E-state index contributed by atoms with van der Waals surface area (Å²) in [6.45, 7) is 9.19. The number of aromatic nitrogens is 1. The summed E-state index contributed by atoms with van der Waals surface area (Å²) in [7, 11) is 0. The zero-order valence-corrected chi connectivity index (χ0v) is 12.8. The summed E-state index contributed by atoms with van der Waals surface area (Å²) >= 11 is 0. The van der Waals surface area contributed by atoms with Crippen LogP contribution < -0.4 is 10.2 Å². The van der Waals surface area contributed by atoms with Crippen molar-refractivity contribution < 1.29 is 5.11 Å². The van der Waals surface area contributed by atoms with Gasteiger partial charge in [0.1, 0.15) is 0 Å². The van der Waals surface area contributed by atoms with Crippen molar-refractivity contribution in [3.05, 3.63) is 24.0 Å². The van der Waals surface area contributed by atoms with Crippen LogP contribution in [0.15, 0.2) is 18.3 Å². The molecule has 0 radical (unpaired) electrons. The third kappa shape index (κ3) is 3.49. The van der Waals surface area contributed by atoms with Crippen molar-refractivity contribution in [2.24, 2.45) is 5.92 Å². The molecule has 20 heavy (non-hydrogen) atoms. The van der Waals surface area contributed by atoms with Crippen LogP contribution in [0.25, 0.3) is 0 Å². The second-order valence-electron chi connectivity index (χ2n) is 5.74. The number of aliphatic hydroxyl groups excluding tert-OH is 1. The highest BCUT2D eigenvalue weighted by molar-refractivity contribution is 5.45. The van der Waals surface area contributed by atoms with Gasteiger partial charge in [-0.15, -0.1) is 0 Å². The summed E-state index contributed by atoms with van der Waals surface area (Å²) in [5.74, 6) is 0.327. The fraction of sp³-hybridized carbons (Fsp3) is 0.688. The first-order valence-electron chi connectivity index (χ1n) is 7.78. The quantitative estimate of drug-likeness (QED) is 0.867. The molecule has 0 aliphatic carbocycles. The molecule has 0 amide bonds. The summed E-state index contributed by atoms with van der Waals surface area (Å²) < 4.78 is 0. The normalized spacial score (nSPS) is 24.7. The molecular weight excluding hydrogens is 250 g/mol. The number of nitrogens with zero attached hydrogens (tertiary/aromatic N) is 2. The second-order valence-corrected chi connectivity index (χ2v) is 5.74. The molecule has 2 N–H and O–H groups in total. The van der Waals surface area contributed by atoms with E-state index in [1.165, 1.54) is 5.69 Å². The number of hydrogen-bond acceptors (Lipinski definition) is 4. The van der Waals surface area contributed by atoms with Crippen molar-refractivity contribution >= 4 is 5.69 Å². The second kappa shape index (κ2) is 7.04. The number of hydrogen-bond donors (Lipinski definition) is 2. The van der Waals surface area contributed by atoms with Gasteiger partial charge >= 0.3 is 0 Å². The lowest BCUT2D eigenvalue weighted by molar-refractivity contribution is 0.0971. The van der Waals surface area contributed by atoms with Crippen molar-refractivity contribution in [3.8, 4) is 0 Å². The lowest BCUT2D eigenvalue weighted by atomic mass is 9.96. The Bertz CT molecular complexity index is 407. The van der Waals surface area contributed by atoms with E-state index in [4.69, 9.17) is 0 Å². The molecule has 2 rings (SSSR count). The standard InChI is InChI=1S/C16H27N3O/c1-4-14(17-5-2)15-7-6-13(10-18-15)19-9-8-16(20)12(3)11-19/h6-7,10,12,14,16-17,20H,4-5,8-9,11H2,1-3H3. The minimum atomic E-state index is -0.156. The van der Waals surface area contributed by atoms with E-state index in [1.54, 1.807) is 0 Å². The van der Waals surface area contributed by atoms with Gasteiger partial charge in [-0.2, -0.15) is 0 Å². The Labute approximate surface area is 122 Å². The van der Waals surface area contributed by atoms with E-state index in [1.807, 2.05) is 6.20 Å². The third-order valence-corrected chi connectivity index (χ3v) is 4.21. The van der Waals surface area contributed by atoms with Crippen LogP contribution in [0.1, 0.15) is 45.3 Å². The molecule has 4 nitrogen and oxygen atoms in total. The monoisotopic (exact) mass is 277 g/mol. The number of rotatable bonds is 5. The maximum absolute atomic E-state index is 9.80. The first kappa shape index (κ1) is 15.3. The van der Waals surface area contributed by atoms with E-state index in [0.717, 1.165) is 38.2 Å².